The summed E-state index contributed by atoms with van der Waals surface area (Å²) in [4.78, 5) is 0. The van der Waals surface area contributed by atoms with Gasteiger partial charge in [-0.2, -0.15) is 0 Å². The third-order valence-corrected chi connectivity index (χ3v) is 1.31. The number of hydrogen-bond donors (Lipinski definition) is 0. The van der Waals surface area contributed by atoms with E-state index < -0.39 is 0 Å². The molecule has 72 valence electrons. The first-order valence-corrected chi connectivity index (χ1v) is 3.57. The van der Waals surface area contributed by atoms with E-state index >= 15 is 0 Å². The Morgan fingerprint density at radius 2 is 0.800 bits per heavy atom. The Balaban J connectivity index is -0.0000000755. The predicted octanol–water partition coefficient (Wildman–Crippen LogP) is 2.88. The number of halogens is 2. The summed E-state index contributed by atoms with van der Waals surface area (Å²) < 4.78 is 22.5. The van der Waals surface area contributed by atoms with Crippen molar-refractivity contribution < 1.29 is 31.3 Å². The zero-order valence-electron chi connectivity index (χ0n) is 7.20. The van der Waals surface area contributed by atoms with Gasteiger partial charge in [-0.25, -0.2) is 0 Å². The van der Waals surface area contributed by atoms with Crippen molar-refractivity contribution in [2.24, 2.45) is 0 Å². The summed E-state index contributed by atoms with van der Waals surface area (Å²) in [5, 5.41) is 1.43. The smallest absolute Gasteiger partial charge is 6.00 e. The summed E-state index contributed by atoms with van der Waals surface area (Å²) in [5.41, 5.74) is 0. The molecule has 1 rings (SSSR count). The van der Waals surface area contributed by atoms with Crippen LogP contribution in [0.4, 0.5) is 0 Å². The second-order valence-corrected chi connectivity index (χ2v) is 2.31. The standard InChI is InChI=1S/C6H4Cl2.3CO.Cr/c7-5-1-2-6(8)4-3-5;3*1-2;/h1-4H;;;;/q;;;;+6. The van der Waals surface area contributed by atoms with Crippen LogP contribution in [0, 0.1) is 20.0 Å². The van der Waals surface area contributed by atoms with E-state index in [1.807, 2.05) is 0 Å². The molecule has 0 heterocycles. The minimum absolute atomic E-state index is 0. The van der Waals surface area contributed by atoms with Crippen LogP contribution in [-0.2, 0) is 31.3 Å². The van der Waals surface area contributed by atoms with Crippen molar-refractivity contribution >= 4 is 23.2 Å². The Morgan fingerprint density at radius 3 is 0.933 bits per heavy atom. The minimum atomic E-state index is 0. The van der Waals surface area contributed by atoms with Crippen LogP contribution in [0.2, 0.25) is 10.0 Å². The van der Waals surface area contributed by atoms with Crippen LogP contribution in [-0.4, -0.2) is 0 Å². The maximum absolute atomic E-state index is 7.50. The molecule has 0 fully saturated rings. The van der Waals surface area contributed by atoms with E-state index in [1.165, 1.54) is 0 Å². The Bertz CT molecular complexity index is 244. The molecule has 0 atom stereocenters. The van der Waals surface area contributed by atoms with E-state index in [4.69, 9.17) is 37.2 Å². The summed E-state index contributed by atoms with van der Waals surface area (Å²) in [6, 6.07) is 7.02. The number of rotatable bonds is 0. The average Bonchev–Trinajstić information content (AvgIpc) is 2.31. The second kappa shape index (κ2) is 23.4. The van der Waals surface area contributed by atoms with Gasteiger partial charge in [0.05, 0.1) is 0 Å². The maximum Gasteiger partial charge on any atom is 6.00 e. The molecule has 0 amide bonds. The van der Waals surface area contributed by atoms with E-state index in [9.17, 15) is 0 Å². The van der Waals surface area contributed by atoms with Crippen LogP contribution in [0.1, 0.15) is 0 Å². The van der Waals surface area contributed by atoms with Crippen LogP contribution in [0.5, 0.6) is 0 Å². The monoisotopic (exact) mass is 282 g/mol. The van der Waals surface area contributed by atoms with Gasteiger partial charge in [0.2, 0.25) is 0 Å². The van der Waals surface area contributed by atoms with Gasteiger partial charge in [-0.15, -0.1) is 0 Å². The van der Waals surface area contributed by atoms with E-state index in [0.717, 1.165) is 10.0 Å². The number of hydrogen-bond acceptors (Lipinski definition) is 0. The van der Waals surface area contributed by atoms with Gasteiger partial charge >= 0.3 is 51.3 Å². The number of benzene rings is 1. The van der Waals surface area contributed by atoms with Crippen LogP contribution in [0.15, 0.2) is 24.3 Å². The Labute approximate surface area is 109 Å². The van der Waals surface area contributed by atoms with E-state index in [1.54, 1.807) is 24.3 Å². The third kappa shape index (κ3) is 19.8. The molecule has 0 aromatic heterocycles. The minimum Gasteiger partial charge on any atom is 6.00 e. The molecule has 1 aromatic carbocycles. The second-order valence-electron chi connectivity index (χ2n) is 1.44. The Kier molecular flexibility index (Phi) is 37.4. The fourth-order valence-corrected chi connectivity index (χ4v) is 0.682. The van der Waals surface area contributed by atoms with Crippen molar-refractivity contribution in [2.45, 2.75) is 0 Å². The van der Waals surface area contributed by atoms with E-state index in [0.29, 0.717) is 0 Å². The molecule has 0 N–H and O–H groups in total. The van der Waals surface area contributed by atoms with Gasteiger partial charge in [0.25, 0.3) is 0 Å². The molecule has 0 aliphatic heterocycles. The van der Waals surface area contributed by atoms with E-state index in [-0.39, 0.29) is 17.4 Å². The van der Waals surface area contributed by atoms with Crippen molar-refractivity contribution in [1.82, 2.24) is 0 Å². The quantitative estimate of drug-likeness (QED) is 0.519. The van der Waals surface area contributed by atoms with Gasteiger partial charge < -0.3 is 0 Å². The molecule has 1 aromatic rings. The predicted molar refractivity (Wildman–Crippen MR) is 48.3 cm³/mol. The van der Waals surface area contributed by atoms with Crippen molar-refractivity contribution in [1.29, 1.82) is 0 Å². The molecular formula is C9H4Cl2CrO3+6. The summed E-state index contributed by atoms with van der Waals surface area (Å²) in [6.45, 7) is 13.5. The van der Waals surface area contributed by atoms with Gasteiger partial charge in [-0.1, -0.05) is 23.2 Å². The molecule has 0 radical (unpaired) electrons. The van der Waals surface area contributed by atoms with Crippen LogP contribution in [0.25, 0.3) is 0 Å². The molecule has 0 saturated heterocycles. The zero-order valence-corrected chi connectivity index (χ0v) is 9.99. The largest absolute Gasteiger partial charge is 6.00 e. The van der Waals surface area contributed by atoms with Crippen LogP contribution in [0.3, 0.4) is 0 Å². The summed E-state index contributed by atoms with van der Waals surface area (Å²) in [6.07, 6.45) is 0. The van der Waals surface area contributed by atoms with Gasteiger partial charge in [-0.05, 0) is 24.3 Å². The molecule has 0 unspecified atom stereocenters. The fraction of sp³-hybridized carbons (Fsp3) is 0. The van der Waals surface area contributed by atoms with Crippen LogP contribution >= 0.6 is 23.2 Å². The summed E-state index contributed by atoms with van der Waals surface area (Å²) in [7, 11) is 0. The van der Waals surface area contributed by atoms with Gasteiger partial charge in [0.15, 0.2) is 0 Å². The molecule has 0 saturated carbocycles. The molecule has 15 heavy (non-hydrogen) atoms. The first-order chi connectivity index (χ1) is 6.79. The summed E-state index contributed by atoms with van der Waals surface area (Å²) in [5.74, 6) is 0. The maximum atomic E-state index is 7.50. The van der Waals surface area contributed by atoms with Gasteiger partial charge in [-0.3, -0.25) is 0 Å². The average molecular weight is 283 g/mol. The van der Waals surface area contributed by atoms with E-state index in [2.05, 4.69) is 20.0 Å². The van der Waals surface area contributed by atoms with Crippen molar-refractivity contribution in [3.05, 3.63) is 54.3 Å². The SMILES string of the molecule is Clc1ccc(Cl)cc1.[C-]#[O+].[C-]#[O+].[C-]#[O+].[Cr+6]. The molecule has 0 aliphatic rings. The molecule has 3 nitrogen and oxygen atoms in total. The first-order valence-electron chi connectivity index (χ1n) is 2.81. The topological polar surface area (TPSA) is 59.7 Å². The van der Waals surface area contributed by atoms with Gasteiger partial charge in [0, 0.05) is 10.0 Å². The normalized spacial score (nSPS) is 5.33. The Hall–Kier alpha value is -0.448. The van der Waals surface area contributed by atoms with Crippen LogP contribution < -0.4 is 0 Å². The molecular weight excluding hydrogens is 279 g/mol. The first kappa shape index (κ1) is 24.0. The molecule has 0 bridgehead atoms. The van der Waals surface area contributed by atoms with Crippen molar-refractivity contribution in [3.8, 4) is 0 Å². The van der Waals surface area contributed by atoms with Gasteiger partial charge in [0.1, 0.15) is 0 Å². The fourth-order valence-electron chi connectivity index (χ4n) is 0.430. The van der Waals surface area contributed by atoms with Crippen molar-refractivity contribution in [2.75, 3.05) is 0 Å². The zero-order chi connectivity index (χ0) is 12.0. The molecule has 0 spiro atoms. The molecule has 6 heteroatoms. The summed E-state index contributed by atoms with van der Waals surface area (Å²) >= 11 is 11.1. The molecule has 0 aliphatic carbocycles. The Morgan fingerprint density at radius 1 is 0.667 bits per heavy atom. The van der Waals surface area contributed by atoms with Crippen molar-refractivity contribution in [3.63, 3.8) is 0 Å². The third-order valence-electron chi connectivity index (χ3n) is 0.804.